The van der Waals surface area contributed by atoms with Gasteiger partial charge in [-0.25, -0.2) is 0 Å². The highest BCUT2D eigenvalue weighted by molar-refractivity contribution is 5.33. The van der Waals surface area contributed by atoms with E-state index in [2.05, 4.69) is 19.9 Å². The van der Waals surface area contributed by atoms with Crippen molar-refractivity contribution in [3.05, 3.63) is 36.8 Å². The van der Waals surface area contributed by atoms with Crippen molar-refractivity contribution < 1.29 is 4.74 Å². The van der Waals surface area contributed by atoms with Crippen molar-refractivity contribution in [3.8, 4) is 5.75 Å². The monoisotopic (exact) mass is 177 g/mol. The third-order valence-electron chi connectivity index (χ3n) is 2.01. The van der Waals surface area contributed by atoms with E-state index >= 15 is 0 Å². The molecule has 0 fully saturated rings. The molecule has 0 bridgehead atoms. The van der Waals surface area contributed by atoms with Crippen LogP contribution in [-0.2, 0) is 6.42 Å². The maximum atomic E-state index is 5.63. The van der Waals surface area contributed by atoms with Crippen LogP contribution in [0, 0.1) is 6.92 Å². The summed E-state index contributed by atoms with van der Waals surface area (Å²) in [6.45, 7) is 6.70. The predicted octanol–water partition coefficient (Wildman–Crippen LogP) is 3.24. The van der Waals surface area contributed by atoms with Crippen molar-refractivity contribution in [2.45, 2.75) is 26.2 Å². The van der Waals surface area contributed by atoms with Crippen molar-refractivity contribution in [2.75, 3.05) is 6.61 Å². The molecule has 0 aliphatic rings. The Bertz CT molecular complexity index is 243. The molecule has 0 N–H and O–H groups in total. The maximum absolute atomic E-state index is 5.63. The lowest BCUT2D eigenvalue weighted by Gasteiger charge is -2.08. The fourth-order valence-electron chi connectivity index (χ4n) is 1.22. The van der Waals surface area contributed by atoms with Crippen molar-refractivity contribution >= 4 is 0 Å². The van der Waals surface area contributed by atoms with Gasteiger partial charge in [0.1, 0.15) is 5.75 Å². The maximum Gasteiger partial charge on any atom is 0.122 e. The standard InChI is InChI=1S/C12H17O/c1-3-5-10-13-12-9-7-6-8-11(12)4-2/h6-9H,1,3-5,10H2,2H3. The van der Waals surface area contributed by atoms with E-state index in [0.29, 0.717) is 0 Å². The van der Waals surface area contributed by atoms with E-state index in [1.165, 1.54) is 5.56 Å². The van der Waals surface area contributed by atoms with Crippen LogP contribution in [0.2, 0.25) is 0 Å². The van der Waals surface area contributed by atoms with Crippen LogP contribution in [0.3, 0.4) is 0 Å². The molecule has 13 heavy (non-hydrogen) atoms. The van der Waals surface area contributed by atoms with Gasteiger partial charge in [-0.05, 0) is 24.5 Å². The first-order chi connectivity index (χ1) is 6.38. The molecule has 0 aliphatic carbocycles. The summed E-state index contributed by atoms with van der Waals surface area (Å²) in [4.78, 5) is 0. The number of hydrogen-bond acceptors (Lipinski definition) is 1. The minimum atomic E-state index is 0.778. The van der Waals surface area contributed by atoms with Gasteiger partial charge < -0.3 is 4.74 Å². The molecule has 0 aromatic heterocycles. The average Bonchev–Trinajstić information content (AvgIpc) is 2.19. The lowest BCUT2D eigenvalue weighted by atomic mass is 10.1. The first-order valence-corrected chi connectivity index (χ1v) is 4.88. The molecule has 1 heteroatoms. The number of hydrogen-bond donors (Lipinski definition) is 0. The first kappa shape index (κ1) is 10.1. The van der Waals surface area contributed by atoms with Gasteiger partial charge in [-0.15, -0.1) is 0 Å². The Morgan fingerprint density at radius 1 is 1.31 bits per heavy atom. The second-order valence-electron chi connectivity index (χ2n) is 3.02. The number of para-hydroxylation sites is 1. The molecule has 0 unspecified atom stereocenters. The Morgan fingerprint density at radius 2 is 2.08 bits per heavy atom. The van der Waals surface area contributed by atoms with Crippen LogP contribution in [0.1, 0.15) is 25.3 Å². The zero-order chi connectivity index (χ0) is 9.52. The van der Waals surface area contributed by atoms with Crippen LogP contribution in [-0.4, -0.2) is 6.61 Å². The van der Waals surface area contributed by atoms with Gasteiger partial charge >= 0.3 is 0 Å². The fourth-order valence-corrected chi connectivity index (χ4v) is 1.22. The molecule has 1 rings (SSSR count). The highest BCUT2D eigenvalue weighted by Crippen LogP contribution is 2.18. The predicted molar refractivity (Wildman–Crippen MR) is 55.9 cm³/mol. The number of ether oxygens (including phenoxy) is 1. The SMILES string of the molecule is [CH2]CCCOc1ccccc1CC. The third-order valence-corrected chi connectivity index (χ3v) is 2.01. The summed E-state index contributed by atoms with van der Waals surface area (Å²) in [6.07, 6.45) is 2.99. The Balaban J connectivity index is 2.54. The highest BCUT2D eigenvalue weighted by Gasteiger charge is 1.98. The van der Waals surface area contributed by atoms with Gasteiger partial charge in [-0.1, -0.05) is 38.5 Å². The molecular weight excluding hydrogens is 160 g/mol. The molecular formula is C12H17O. The fraction of sp³-hybridized carbons (Fsp3) is 0.417. The van der Waals surface area contributed by atoms with E-state index in [4.69, 9.17) is 4.74 Å². The summed E-state index contributed by atoms with van der Waals surface area (Å²) >= 11 is 0. The topological polar surface area (TPSA) is 9.23 Å². The molecule has 0 saturated carbocycles. The van der Waals surface area contributed by atoms with Crippen LogP contribution >= 0.6 is 0 Å². The van der Waals surface area contributed by atoms with Crippen LogP contribution in [0.4, 0.5) is 0 Å². The smallest absolute Gasteiger partial charge is 0.122 e. The average molecular weight is 177 g/mol. The molecule has 0 atom stereocenters. The Hall–Kier alpha value is -0.980. The Morgan fingerprint density at radius 3 is 2.77 bits per heavy atom. The summed E-state index contributed by atoms with van der Waals surface area (Å²) in [5.74, 6) is 1.03. The minimum Gasteiger partial charge on any atom is -0.493 e. The van der Waals surface area contributed by atoms with Gasteiger partial charge in [-0.2, -0.15) is 0 Å². The molecule has 0 spiro atoms. The summed E-state index contributed by atoms with van der Waals surface area (Å²) in [6, 6.07) is 8.20. The molecule has 0 amide bonds. The summed E-state index contributed by atoms with van der Waals surface area (Å²) in [5, 5.41) is 0. The van der Waals surface area contributed by atoms with Gasteiger partial charge in [0.05, 0.1) is 6.61 Å². The normalized spacial score (nSPS) is 10.0. The summed E-state index contributed by atoms with van der Waals surface area (Å²) in [7, 11) is 0. The summed E-state index contributed by atoms with van der Waals surface area (Å²) in [5.41, 5.74) is 1.28. The highest BCUT2D eigenvalue weighted by atomic mass is 16.5. The first-order valence-electron chi connectivity index (χ1n) is 4.88. The summed E-state index contributed by atoms with van der Waals surface area (Å²) < 4.78 is 5.63. The van der Waals surface area contributed by atoms with E-state index in [9.17, 15) is 0 Å². The molecule has 71 valence electrons. The number of benzene rings is 1. The zero-order valence-corrected chi connectivity index (χ0v) is 8.25. The number of unbranched alkanes of at least 4 members (excludes halogenated alkanes) is 1. The molecule has 1 aromatic carbocycles. The number of rotatable bonds is 5. The van der Waals surface area contributed by atoms with Crippen LogP contribution in [0.25, 0.3) is 0 Å². The second kappa shape index (κ2) is 5.63. The largest absolute Gasteiger partial charge is 0.493 e. The van der Waals surface area contributed by atoms with Crippen molar-refractivity contribution in [3.63, 3.8) is 0 Å². The second-order valence-corrected chi connectivity index (χ2v) is 3.02. The van der Waals surface area contributed by atoms with Crippen molar-refractivity contribution in [2.24, 2.45) is 0 Å². The lowest BCUT2D eigenvalue weighted by Crippen LogP contribution is -1.98. The quantitative estimate of drug-likeness (QED) is 0.627. The van der Waals surface area contributed by atoms with E-state index in [1.54, 1.807) is 0 Å². The molecule has 0 heterocycles. The molecule has 0 aliphatic heterocycles. The molecule has 1 nitrogen and oxygen atoms in total. The van der Waals surface area contributed by atoms with Gasteiger partial charge in [0.15, 0.2) is 0 Å². The van der Waals surface area contributed by atoms with E-state index in [1.807, 2.05) is 18.2 Å². The van der Waals surface area contributed by atoms with E-state index < -0.39 is 0 Å². The van der Waals surface area contributed by atoms with Crippen molar-refractivity contribution in [1.82, 2.24) is 0 Å². The van der Waals surface area contributed by atoms with Gasteiger partial charge in [0, 0.05) is 0 Å². The van der Waals surface area contributed by atoms with Gasteiger partial charge in [0.2, 0.25) is 0 Å². The van der Waals surface area contributed by atoms with Crippen molar-refractivity contribution in [1.29, 1.82) is 0 Å². The molecule has 1 radical (unpaired) electrons. The number of aryl methyl sites for hydroxylation is 1. The van der Waals surface area contributed by atoms with E-state index in [0.717, 1.165) is 31.6 Å². The Labute approximate surface area is 80.7 Å². The van der Waals surface area contributed by atoms with Crippen LogP contribution < -0.4 is 4.74 Å². The minimum absolute atomic E-state index is 0.778. The van der Waals surface area contributed by atoms with Gasteiger partial charge in [0.25, 0.3) is 0 Å². The van der Waals surface area contributed by atoms with Crippen LogP contribution in [0.5, 0.6) is 5.75 Å². The Kier molecular flexibility index (Phi) is 4.37. The van der Waals surface area contributed by atoms with Crippen LogP contribution in [0.15, 0.2) is 24.3 Å². The lowest BCUT2D eigenvalue weighted by molar-refractivity contribution is 0.309. The molecule has 1 aromatic rings. The molecule has 0 saturated heterocycles. The van der Waals surface area contributed by atoms with E-state index in [-0.39, 0.29) is 0 Å². The van der Waals surface area contributed by atoms with Gasteiger partial charge in [-0.3, -0.25) is 0 Å². The zero-order valence-electron chi connectivity index (χ0n) is 8.25. The third kappa shape index (κ3) is 3.10.